The Balaban J connectivity index is 0.000000629. The van der Waals surface area contributed by atoms with Gasteiger partial charge >= 0.3 is 34.1 Å². The van der Waals surface area contributed by atoms with Crippen LogP contribution in [0.2, 0.25) is 0 Å². The molecule has 0 aromatic rings. The molecule has 4 rings (SSSR count). The summed E-state index contributed by atoms with van der Waals surface area (Å²) >= 11 is 0. The van der Waals surface area contributed by atoms with E-state index in [0.717, 1.165) is 32.5 Å². The van der Waals surface area contributed by atoms with Gasteiger partial charge in [0.2, 0.25) is 0 Å². The molecular formula is C28H33Fe2N3O5+4. The van der Waals surface area contributed by atoms with E-state index in [-0.39, 0.29) is 46.2 Å². The average Bonchev–Trinajstić information content (AvgIpc) is 3.67. The molecule has 0 heterocycles. The van der Waals surface area contributed by atoms with Crippen molar-refractivity contribution in [2.24, 2.45) is 0 Å². The molecule has 0 aliphatic heterocycles. The van der Waals surface area contributed by atoms with Crippen molar-refractivity contribution < 1.29 is 49.1 Å². The number of unbranched alkanes of at least 4 members (excludes halogenated alkanes) is 3. The minimum Gasteiger partial charge on any atom is -0.396 e. The van der Waals surface area contributed by atoms with E-state index >= 15 is 0 Å². The molecule has 0 saturated heterocycles. The first-order valence-corrected chi connectivity index (χ1v) is 12.0. The Bertz CT molecular complexity index is 549. The molecule has 10 heteroatoms. The van der Waals surface area contributed by atoms with Crippen LogP contribution in [-0.2, 0) is 34.1 Å². The van der Waals surface area contributed by atoms with Gasteiger partial charge in [-0.2, -0.15) is 0 Å². The van der Waals surface area contributed by atoms with Crippen molar-refractivity contribution in [2.75, 3.05) is 26.2 Å². The summed E-state index contributed by atoms with van der Waals surface area (Å²) in [5, 5.41) is 28.5. The van der Waals surface area contributed by atoms with Crippen LogP contribution in [0, 0.1) is 147 Å². The molecule has 1 N–H and O–H groups in total. The number of rotatable bonds is 12. The van der Waals surface area contributed by atoms with Crippen molar-refractivity contribution in [1.82, 2.24) is 4.90 Å². The van der Waals surface area contributed by atoms with Crippen molar-refractivity contribution in [3.05, 3.63) is 147 Å². The van der Waals surface area contributed by atoms with E-state index in [4.69, 9.17) is 5.11 Å². The summed E-state index contributed by atoms with van der Waals surface area (Å²) in [5.41, 5.74) is 0. The SMILES string of the molecule is O=[N+]([O-])[C]1[CH][CH][CH][CH]1.O=[N+]([O-])[C]1[CH][CH][CH][CH]1.OCCCCCCN(C[C]1[CH][CH][CH][CH]1)C[C]1[CH][CH][CH][CH]1.[Fe+2].[Fe+2]. The number of aliphatic hydroxyl groups is 1. The van der Waals surface area contributed by atoms with Crippen LogP contribution in [-0.4, -0.2) is 46.1 Å². The molecule has 0 amide bonds. The summed E-state index contributed by atoms with van der Waals surface area (Å²) in [6.07, 6.45) is 34.1. The van der Waals surface area contributed by atoms with Gasteiger partial charge in [-0.3, -0.25) is 20.2 Å². The fourth-order valence-electron chi connectivity index (χ4n) is 3.54. The van der Waals surface area contributed by atoms with Crippen LogP contribution in [0.15, 0.2) is 0 Å². The van der Waals surface area contributed by atoms with E-state index in [1.807, 2.05) is 0 Å². The zero-order valence-electron chi connectivity index (χ0n) is 21.0. The minimum atomic E-state index is -0.417. The summed E-state index contributed by atoms with van der Waals surface area (Å²) in [4.78, 5) is 21.4. The van der Waals surface area contributed by atoms with E-state index in [0.29, 0.717) is 6.61 Å². The van der Waals surface area contributed by atoms with Crippen LogP contribution < -0.4 is 0 Å². The molecule has 0 unspecified atom stereocenters. The van der Waals surface area contributed by atoms with E-state index in [1.165, 1.54) is 50.4 Å². The summed E-state index contributed by atoms with van der Waals surface area (Å²) in [6, 6.07) is 0.315. The van der Waals surface area contributed by atoms with Crippen LogP contribution >= 0.6 is 0 Å². The van der Waals surface area contributed by atoms with Gasteiger partial charge in [-0.1, -0.05) is 12.8 Å². The van der Waals surface area contributed by atoms with E-state index < -0.39 is 9.85 Å². The maximum Gasteiger partial charge on any atom is 2.00 e. The maximum atomic E-state index is 9.87. The largest absolute Gasteiger partial charge is 2.00 e. The van der Waals surface area contributed by atoms with Crippen molar-refractivity contribution in [3.63, 3.8) is 0 Å². The first-order chi connectivity index (χ1) is 17.5. The van der Waals surface area contributed by atoms with Crippen LogP contribution in [0.4, 0.5) is 0 Å². The molecule has 0 aromatic heterocycles. The molecule has 0 bridgehead atoms. The number of nitrogens with zero attached hydrogens (tertiary/aromatic N) is 3. The van der Waals surface area contributed by atoms with Gasteiger partial charge in [-0.15, -0.1) is 0 Å². The van der Waals surface area contributed by atoms with E-state index in [1.54, 1.807) is 25.7 Å². The Morgan fingerprint density at radius 2 is 0.921 bits per heavy atom. The summed E-state index contributed by atoms with van der Waals surface area (Å²) in [7, 11) is 0. The molecule has 4 saturated carbocycles. The fourth-order valence-corrected chi connectivity index (χ4v) is 3.54. The Kier molecular flexibility index (Phi) is 23.3. The van der Waals surface area contributed by atoms with E-state index in [9.17, 15) is 20.2 Å². The van der Waals surface area contributed by atoms with Gasteiger partial charge in [0.1, 0.15) is 0 Å². The topological polar surface area (TPSA) is 110 Å². The first kappa shape index (κ1) is 37.8. The second-order valence-electron chi connectivity index (χ2n) is 8.24. The number of nitro groups is 2. The van der Waals surface area contributed by atoms with Gasteiger partial charge < -0.3 is 10.0 Å². The normalized spacial score (nSPS) is 20.3. The molecule has 8 nitrogen and oxygen atoms in total. The smallest absolute Gasteiger partial charge is 0.396 e. The molecular weight excluding hydrogens is 570 g/mol. The Morgan fingerprint density at radius 1 is 0.579 bits per heavy atom. The Hall–Kier alpha value is -0.241. The number of hydrogen-bond acceptors (Lipinski definition) is 6. The van der Waals surface area contributed by atoms with Gasteiger partial charge in [0, 0.05) is 29.5 Å². The zero-order valence-corrected chi connectivity index (χ0v) is 23.2. The molecule has 0 aromatic carbocycles. The maximum absolute atomic E-state index is 9.87. The number of aliphatic hydroxyl groups excluding tert-OH is 1. The van der Waals surface area contributed by atoms with Crippen LogP contribution in [0.1, 0.15) is 25.7 Å². The van der Waals surface area contributed by atoms with Crippen molar-refractivity contribution >= 4 is 0 Å². The summed E-state index contributed by atoms with van der Waals surface area (Å²) in [6.45, 7) is 3.50. The molecule has 38 heavy (non-hydrogen) atoms. The third-order valence-electron chi connectivity index (χ3n) is 5.37. The quantitative estimate of drug-likeness (QED) is 0.157. The van der Waals surface area contributed by atoms with Crippen molar-refractivity contribution in [1.29, 1.82) is 0 Å². The van der Waals surface area contributed by atoms with Gasteiger partial charge in [0.05, 0.1) is 25.7 Å². The molecule has 20 radical (unpaired) electrons. The van der Waals surface area contributed by atoms with Crippen LogP contribution in [0.5, 0.6) is 0 Å². The molecule has 4 fully saturated rings. The van der Waals surface area contributed by atoms with Gasteiger partial charge in [-0.25, -0.2) is 0 Å². The second kappa shape index (κ2) is 23.5. The van der Waals surface area contributed by atoms with Crippen molar-refractivity contribution in [3.8, 4) is 0 Å². The third-order valence-corrected chi connectivity index (χ3v) is 5.37. The van der Waals surface area contributed by atoms with Crippen LogP contribution in [0.25, 0.3) is 0 Å². The molecule has 4 aliphatic carbocycles. The molecule has 0 atom stereocenters. The monoisotopic (exact) mass is 603 g/mol. The third kappa shape index (κ3) is 16.8. The predicted molar refractivity (Wildman–Crippen MR) is 138 cm³/mol. The van der Waals surface area contributed by atoms with Gasteiger partial charge in [-0.05, 0) is 108 Å². The number of hydrogen-bond donors (Lipinski definition) is 1. The van der Waals surface area contributed by atoms with Crippen molar-refractivity contribution in [2.45, 2.75) is 25.7 Å². The van der Waals surface area contributed by atoms with Crippen LogP contribution in [0.3, 0.4) is 0 Å². The molecule has 4 aliphatic rings. The standard InChI is InChI=1S/C18H25NO.2C5H4NO2.2Fe/c20-14-8-2-1-7-13-19(15-17-9-3-4-10-17)16-18-11-5-6-12-18;2*7-6(8)5-3-1-2-4-5;;/h3-6,9-12,20H,1-2,7-8,13-16H2;2*1-4H;;/q;;;2*+2. The van der Waals surface area contributed by atoms with Gasteiger partial charge in [0.15, 0.2) is 0 Å². The second-order valence-corrected chi connectivity index (χ2v) is 8.24. The fraction of sp³-hybridized carbons (Fsp3) is 0.286. The first-order valence-electron chi connectivity index (χ1n) is 12.0. The Morgan fingerprint density at radius 3 is 1.24 bits per heavy atom. The Labute approximate surface area is 252 Å². The summed E-state index contributed by atoms with van der Waals surface area (Å²) in [5.74, 6) is 2.79. The molecule has 202 valence electrons. The predicted octanol–water partition coefficient (Wildman–Crippen LogP) is 3.90. The van der Waals surface area contributed by atoms with E-state index in [2.05, 4.69) is 56.3 Å². The van der Waals surface area contributed by atoms with Gasteiger partial charge in [0.25, 0.3) is 12.1 Å². The average molecular weight is 603 g/mol. The summed E-state index contributed by atoms with van der Waals surface area (Å²) < 4.78 is 0. The zero-order chi connectivity index (χ0) is 26.0. The molecule has 0 spiro atoms. The minimum absolute atomic E-state index is 0.